The van der Waals surface area contributed by atoms with Gasteiger partial charge in [-0.1, -0.05) is 0 Å². The molecule has 0 radical (unpaired) electrons. The maximum Gasteiger partial charge on any atom is 0.321 e. The van der Waals surface area contributed by atoms with Crippen molar-refractivity contribution in [1.29, 1.82) is 15.8 Å². The number of carboxylic acids is 1. The number of carbonyl (C=O) groups is 1. The number of nitrogens with zero attached hydrogens (tertiary/aromatic N) is 3. The van der Waals surface area contributed by atoms with Crippen LogP contribution in [0.5, 0.6) is 0 Å². The highest BCUT2D eigenvalue weighted by Crippen LogP contribution is 2.20. The molecule has 0 aliphatic carbocycles. The Balaban J connectivity index is 4.66. The lowest BCUT2D eigenvalue weighted by Gasteiger charge is -2.16. The average Bonchev–Trinajstić information content (AvgIpc) is 2.23. The lowest BCUT2D eigenvalue weighted by atomic mass is 9.99. The Morgan fingerprint density at radius 1 is 1.40 bits per heavy atom. The van der Waals surface area contributed by atoms with Crippen LogP contribution in [-0.2, 0) is 4.79 Å². The third-order valence-electron chi connectivity index (χ3n) is 1.60. The summed E-state index contributed by atoms with van der Waals surface area (Å²) in [6, 6.07) is 3.84. The second-order valence-corrected chi connectivity index (χ2v) is 3.67. The van der Waals surface area contributed by atoms with Crippen LogP contribution in [-0.4, -0.2) is 28.1 Å². The first-order chi connectivity index (χ1) is 7.08. The van der Waals surface area contributed by atoms with Crippen LogP contribution in [0.15, 0.2) is 0 Å². The Morgan fingerprint density at radius 3 is 2.33 bits per heavy atom. The van der Waals surface area contributed by atoms with Crippen LogP contribution in [0.25, 0.3) is 0 Å². The van der Waals surface area contributed by atoms with E-state index in [-0.39, 0.29) is 5.75 Å². The number of aliphatic carboxylic acids is 1. The molecule has 0 spiro atoms. The van der Waals surface area contributed by atoms with Gasteiger partial charge in [0, 0.05) is 0 Å². The summed E-state index contributed by atoms with van der Waals surface area (Å²) in [7, 11) is 0. The van der Waals surface area contributed by atoms with E-state index in [1.165, 1.54) is 0 Å². The fourth-order valence-corrected chi connectivity index (χ4v) is 1.60. The standard InChI is InChI=1S/C8H8N4O2S/c9-1-2-15-6(4-11)5(3-10)7(12)8(13)14/h5-7H,2,12H2,(H,13,14). The molecule has 0 aliphatic heterocycles. The van der Waals surface area contributed by atoms with Crippen molar-refractivity contribution in [2.75, 3.05) is 5.75 Å². The minimum Gasteiger partial charge on any atom is -0.480 e. The fraction of sp³-hybridized carbons (Fsp3) is 0.500. The van der Waals surface area contributed by atoms with Gasteiger partial charge in [-0.15, -0.1) is 11.8 Å². The van der Waals surface area contributed by atoms with E-state index in [0.29, 0.717) is 0 Å². The predicted molar refractivity (Wildman–Crippen MR) is 52.2 cm³/mol. The monoisotopic (exact) mass is 224 g/mol. The summed E-state index contributed by atoms with van der Waals surface area (Å²) in [6.45, 7) is 0. The van der Waals surface area contributed by atoms with Gasteiger partial charge in [0.2, 0.25) is 0 Å². The smallest absolute Gasteiger partial charge is 0.321 e. The molecule has 0 aromatic carbocycles. The van der Waals surface area contributed by atoms with Gasteiger partial charge in [0.05, 0.1) is 29.9 Å². The molecule has 0 heterocycles. The highest BCUT2D eigenvalue weighted by Gasteiger charge is 2.32. The molecule has 0 aromatic heterocycles. The topological polar surface area (TPSA) is 135 Å². The van der Waals surface area contributed by atoms with E-state index in [1.807, 2.05) is 0 Å². The number of thioether (sulfide) groups is 1. The molecule has 3 N–H and O–H groups in total. The van der Waals surface area contributed by atoms with E-state index in [0.717, 1.165) is 11.8 Å². The zero-order valence-corrected chi connectivity index (χ0v) is 8.44. The van der Waals surface area contributed by atoms with Gasteiger partial charge in [-0.2, -0.15) is 15.8 Å². The van der Waals surface area contributed by atoms with Gasteiger partial charge < -0.3 is 10.8 Å². The summed E-state index contributed by atoms with van der Waals surface area (Å²) < 4.78 is 0. The maximum atomic E-state index is 10.5. The maximum absolute atomic E-state index is 10.5. The van der Waals surface area contributed by atoms with Crippen molar-refractivity contribution in [3.8, 4) is 18.2 Å². The first kappa shape index (κ1) is 13.2. The summed E-state index contributed by atoms with van der Waals surface area (Å²) in [5, 5.41) is 33.4. The number of carboxylic acid groups (broad SMARTS) is 1. The summed E-state index contributed by atoms with van der Waals surface area (Å²) in [5.41, 5.74) is 5.25. The van der Waals surface area contributed by atoms with Crippen molar-refractivity contribution < 1.29 is 9.90 Å². The Morgan fingerprint density at radius 2 is 2.00 bits per heavy atom. The number of rotatable bonds is 5. The number of hydrogen-bond donors (Lipinski definition) is 2. The first-order valence-corrected chi connectivity index (χ1v) is 4.89. The zero-order valence-electron chi connectivity index (χ0n) is 7.62. The molecule has 0 amide bonds. The van der Waals surface area contributed by atoms with Gasteiger partial charge in [-0.05, 0) is 0 Å². The molecular weight excluding hydrogens is 216 g/mol. The van der Waals surface area contributed by atoms with E-state index in [4.69, 9.17) is 26.6 Å². The summed E-state index contributed by atoms with van der Waals surface area (Å²) in [4.78, 5) is 10.5. The zero-order chi connectivity index (χ0) is 11.8. The van der Waals surface area contributed by atoms with Crippen molar-refractivity contribution >= 4 is 17.7 Å². The average molecular weight is 224 g/mol. The largest absolute Gasteiger partial charge is 0.480 e. The van der Waals surface area contributed by atoms with Gasteiger partial charge in [-0.3, -0.25) is 4.79 Å². The Hall–Kier alpha value is -1.75. The molecule has 0 aromatic rings. The molecule has 7 heteroatoms. The minimum atomic E-state index is -1.41. The molecule has 0 saturated heterocycles. The van der Waals surface area contributed by atoms with Crippen LogP contribution >= 0.6 is 11.8 Å². The van der Waals surface area contributed by atoms with Gasteiger partial charge in [-0.25, -0.2) is 0 Å². The van der Waals surface area contributed by atoms with Crippen LogP contribution in [0.4, 0.5) is 0 Å². The SMILES string of the molecule is N#CCSC(C#N)C(C#N)C(N)C(=O)O. The highest BCUT2D eigenvalue weighted by atomic mass is 32.2. The van der Waals surface area contributed by atoms with E-state index in [1.54, 1.807) is 18.2 Å². The highest BCUT2D eigenvalue weighted by molar-refractivity contribution is 8.00. The number of hydrogen-bond acceptors (Lipinski definition) is 6. The van der Waals surface area contributed by atoms with Crippen LogP contribution in [0.1, 0.15) is 0 Å². The molecule has 3 unspecified atom stereocenters. The van der Waals surface area contributed by atoms with E-state index < -0.39 is 23.2 Å². The second-order valence-electron chi connectivity index (χ2n) is 2.54. The van der Waals surface area contributed by atoms with E-state index >= 15 is 0 Å². The third-order valence-corrected chi connectivity index (χ3v) is 2.66. The number of nitriles is 3. The van der Waals surface area contributed by atoms with Crippen molar-refractivity contribution in [3.63, 3.8) is 0 Å². The Kier molecular flexibility index (Phi) is 5.89. The quantitative estimate of drug-likeness (QED) is 0.653. The van der Waals surface area contributed by atoms with Crippen LogP contribution < -0.4 is 5.73 Å². The Bertz CT molecular complexity index is 351. The lowest BCUT2D eigenvalue weighted by Crippen LogP contribution is -2.41. The van der Waals surface area contributed by atoms with E-state index in [2.05, 4.69) is 0 Å². The molecule has 15 heavy (non-hydrogen) atoms. The fourth-order valence-electron chi connectivity index (χ4n) is 0.838. The molecule has 0 bridgehead atoms. The van der Waals surface area contributed by atoms with Crippen LogP contribution in [0.2, 0.25) is 0 Å². The number of nitrogens with two attached hydrogens (primary N) is 1. The predicted octanol–water partition coefficient (Wildman–Crippen LogP) is -0.313. The molecule has 3 atom stereocenters. The summed E-state index contributed by atoms with van der Waals surface area (Å²) in [5.74, 6) is -2.44. The van der Waals surface area contributed by atoms with Crippen LogP contribution in [0, 0.1) is 39.9 Å². The second kappa shape index (κ2) is 6.67. The van der Waals surface area contributed by atoms with Gasteiger partial charge in [0.15, 0.2) is 0 Å². The van der Waals surface area contributed by atoms with Crippen molar-refractivity contribution in [3.05, 3.63) is 0 Å². The van der Waals surface area contributed by atoms with Crippen molar-refractivity contribution in [1.82, 2.24) is 0 Å². The third kappa shape index (κ3) is 3.86. The molecule has 78 valence electrons. The first-order valence-electron chi connectivity index (χ1n) is 3.84. The minimum absolute atomic E-state index is 0.0166. The summed E-state index contributed by atoms with van der Waals surface area (Å²) >= 11 is 0.912. The van der Waals surface area contributed by atoms with Gasteiger partial charge in [0.25, 0.3) is 0 Å². The van der Waals surface area contributed by atoms with Gasteiger partial charge >= 0.3 is 5.97 Å². The molecule has 6 nitrogen and oxygen atoms in total. The lowest BCUT2D eigenvalue weighted by molar-refractivity contribution is -0.139. The molecule has 0 aliphatic rings. The molecule has 0 rings (SSSR count). The Labute approximate surface area is 90.9 Å². The van der Waals surface area contributed by atoms with Crippen LogP contribution in [0.3, 0.4) is 0 Å². The van der Waals surface area contributed by atoms with Crippen molar-refractivity contribution in [2.24, 2.45) is 11.7 Å². The summed E-state index contributed by atoms with van der Waals surface area (Å²) in [6.07, 6.45) is 0. The van der Waals surface area contributed by atoms with E-state index in [9.17, 15) is 4.79 Å². The molecule has 0 saturated carbocycles. The molecular formula is C8H8N4O2S. The van der Waals surface area contributed by atoms with Crippen molar-refractivity contribution in [2.45, 2.75) is 11.3 Å². The normalized spacial score (nSPS) is 15.1. The van der Waals surface area contributed by atoms with Gasteiger partial charge in [0.1, 0.15) is 11.3 Å². The molecule has 0 fully saturated rings.